The number of fused-ring (bicyclic) bond motifs is 1. The number of nitrogens with zero attached hydrogens (tertiary/aromatic N) is 1. The summed E-state index contributed by atoms with van der Waals surface area (Å²) >= 11 is 11.9. The molecule has 2 aliphatic rings. The number of rotatable bonds is 5. The van der Waals surface area contributed by atoms with Crippen molar-refractivity contribution in [3.63, 3.8) is 0 Å². The lowest BCUT2D eigenvalue weighted by atomic mass is 10.1. The minimum absolute atomic E-state index is 0.195. The molecule has 0 amide bonds. The summed E-state index contributed by atoms with van der Waals surface area (Å²) in [4.78, 5) is 2.15. The van der Waals surface area contributed by atoms with Gasteiger partial charge in [-0.05, 0) is 73.4 Å². The summed E-state index contributed by atoms with van der Waals surface area (Å²) in [6, 6.07) is 11.8. The van der Waals surface area contributed by atoms with Crippen molar-refractivity contribution in [1.29, 1.82) is 0 Å². The normalized spacial score (nSPS) is 17.6. The van der Waals surface area contributed by atoms with Crippen molar-refractivity contribution >= 4 is 34.6 Å². The predicted molar refractivity (Wildman–Crippen MR) is 114 cm³/mol. The first-order valence-electron chi connectivity index (χ1n) is 9.41. The summed E-state index contributed by atoms with van der Waals surface area (Å²) in [5.74, 6) is 1.56. The Morgan fingerprint density at radius 2 is 2.07 bits per heavy atom. The van der Waals surface area contributed by atoms with Crippen LogP contribution in [-0.4, -0.2) is 36.1 Å². The molecule has 4 rings (SSSR count). The van der Waals surface area contributed by atoms with Crippen molar-refractivity contribution < 1.29 is 14.2 Å². The summed E-state index contributed by atoms with van der Waals surface area (Å²) in [5, 5.41) is 4.75. The third-order valence-corrected chi connectivity index (χ3v) is 5.74. The van der Waals surface area contributed by atoms with E-state index in [1.807, 2.05) is 43.3 Å². The maximum atomic E-state index is 6.14. The van der Waals surface area contributed by atoms with Gasteiger partial charge in [-0.25, -0.2) is 0 Å². The van der Waals surface area contributed by atoms with Crippen molar-refractivity contribution in [3.05, 3.63) is 52.5 Å². The monoisotopic (exact) mass is 418 g/mol. The second-order valence-electron chi connectivity index (χ2n) is 7.10. The summed E-state index contributed by atoms with van der Waals surface area (Å²) in [5.41, 5.74) is 3.05. The van der Waals surface area contributed by atoms with Gasteiger partial charge < -0.3 is 24.4 Å². The molecule has 1 N–H and O–H groups in total. The van der Waals surface area contributed by atoms with Crippen LogP contribution >= 0.6 is 23.8 Å². The van der Waals surface area contributed by atoms with E-state index < -0.39 is 0 Å². The lowest BCUT2D eigenvalue weighted by Gasteiger charge is -2.28. The number of aryl methyl sites for hydroxylation is 1. The van der Waals surface area contributed by atoms with Gasteiger partial charge in [0.25, 0.3) is 0 Å². The molecule has 1 saturated heterocycles. The van der Waals surface area contributed by atoms with Gasteiger partial charge in [0, 0.05) is 30.4 Å². The van der Waals surface area contributed by atoms with Gasteiger partial charge >= 0.3 is 0 Å². The maximum Gasteiger partial charge on any atom is 0.231 e. The second kappa shape index (κ2) is 8.55. The van der Waals surface area contributed by atoms with Crippen LogP contribution in [-0.2, 0) is 11.3 Å². The third kappa shape index (κ3) is 4.51. The van der Waals surface area contributed by atoms with Crippen molar-refractivity contribution in [3.8, 4) is 11.5 Å². The first-order valence-corrected chi connectivity index (χ1v) is 10.2. The smallest absolute Gasteiger partial charge is 0.231 e. The van der Waals surface area contributed by atoms with E-state index in [9.17, 15) is 0 Å². The van der Waals surface area contributed by atoms with Crippen LogP contribution in [0.1, 0.15) is 24.0 Å². The average Bonchev–Trinajstić information content (AvgIpc) is 3.35. The molecule has 1 fully saturated rings. The topological polar surface area (TPSA) is 43.0 Å². The zero-order chi connectivity index (χ0) is 19.5. The number of ether oxygens (including phenoxy) is 3. The highest BCUT2D eigenvalue weighted by atomic mass is 35.5. The van der Waals surface area contributed by atoms with Crippen LogP contribution in [0.3, 0.4) is 0 Å². The number of nitrogens with one attached hydrogen (secondary N) is 1. The van der Waals surface area contributed by atoms with Crippen LogP contribution in [0.4, 0.5) is 5.69 Å². The Labute approximate surface area is 175 Å². The quantitative estimate of drug-likeness (QED) is 0.706. The van der Waals surface area contributed by atoms with Crippen LogP contribution in [0.15, 0.2) is 36.4 Å². The minimum atomic E-state index is 0.195. The van der Waals surface area contributed by atoms with Crippen LogP contribution in [0.25, 0.3) is 0 Å². The van der Waals surface area contributed by atoms with Gasteiger partial charge in [-0.3, -0.25) is 0 Å². The number of hydrogen-bond acceptors (Lipinski definition) is 4. The molecular weight excluding hydrogens is 396 g/mol. The van der Waals surface area contributed by atoms with E-state index in [-0.39, 0.29) is 12.9 Å². The molecule has 5 nitrogen and oxygen atoms in total. The van der Waals surface area contributed by atoms with Crippen LogP contribution in [0.2, 0.25) is 5.02 Å². The number of anilines is 1. The number of thiocarbonyl (C=S) groups is 1. The molecule has 0 aliphatic carbocycles. The molecule has 2 heterocycles. The lowest BCUT2D eigenvalue weighted by Crippen LogP contribution is -2.39. The fourth-order valence-electron chi connectivity index (χ4n) is 3.44. The Balaban J connectivity index is 1.50. The summed E-state index contributed by atoms with van der Waals surface area (Å²) in [7, 11) is 0. The zero-order valence-electron chi connectivity index (χ0n) is 15.7. The maximum absolute atomic E-state index is 6.14. The molecule has 0 bridgehead atoms. The fraction of sp³-hybridized carbons (Fsp3) is 0.381. The van der Waals surface area contributed by atoms with E-state index in [1.165, 1.54) is 0 Å². The van der Waals surface area contributed by atoms with E-state index in [0.29, 0.717) is 11.7 Å². The van der Waals surface area contributed by atoms with Gasteiger partial charge in [-0.1, -0.05) is 17.7 Å². The van der Waals surface area contributed by atoms with Crippen LogP contribution in [0, 0.1) is 6.92 Å². The van der Waals surface area contributed by atoms with Gasteiger partial charge in [-0.2, -0.15) is 0 Å². The Hall–Kier alpha value is -2.02. The molecule has 0 radical (unpaired) electrons. The standard InChI is InChI=1S/C21H23ClN2O3S/c1-14-9-16(5-6-18(14)22)23-21(28)24(12-17-3-2-8-25-17)11-15-4-7-19-20(10-15)27-13-26-19/h4-7,9-10,17H,2-3,8,11-13H2,1H3,(H,23,28). The highest BCUT2D eigenvalue weighted by molar-refractivity contribution is 7.80. The Morgan fingerprint density at radius 1 is 1.21 bits per heavy atom. The van der Waals surface area contributed by atoms with E-state index in [0.717, 1.165) is 59.3 Å². The first-order chi connectivity index (χ1) is 13.6. The molecule has 2 aromatic carbocycles. The Bertz CT molecular complexity index is 871. The molecule has 7 heteroatoms. The van der Waals surface area contributed by atoms with Crippen molar-refractivity contribution in [2.24, 2.45) is 0 Å². The van der Waals surface area contributed by atoms with Gasteiger partial charge in [-0.15, -0.1) is 0 Å². The highest BCUT2D eigenvalue weighted by Crippen LogP contribution is 2.33. The Morgan fingerprint density at radius 3 is 2.86 bits per heavy atom. The average molecular weight is 419 g/mol. The number of benzene rings is 2. The van der Waals surface area contributed by atoms with E-state index in [4.69, 9.17) is 38.0 Å². The molecule has 2 aromatic rings. The zero-order valence-corrected chi connectivity index (χ0v) is 17.3. The highest BCUT2D eigenvalue weighted by Gasteiger charge is 2.22. The molecule has 1 atom stereocenters. The van der Waals surface area contributed by atoms with E-state index in [2.05, 4.69) is 10.2 Å². The Kier molecular flexibility index (Phi) is 5.90. The molecule has 0 aromatic heterocycles. The third-order valence-electron chi connectivity index (χ3n) is 4.95. The number of hydrogen-bond donors (Lipinski definition) is 1. The predicted octanol–water partition coefficient (Wildman–Crippen LogP) is 4.76. The minimum Gasteiger partial charge on any atom is -0.454 e. The molecule has 1 unspecified atom stereocenters. The van der Waals surface area contributed by atoms with Crippen LogP contribution < -0.4 is 14.8 Å². The van der Waals surface area contributed by atoms with Crippen LogP contribution in [0.5, 0.6) is 11.5 Å². The lowest BCUT2D eigenvalue weighted by molar-refractivity contribution is 0.0905. The summed E-state index contributed by atoms with van der Waals surface area (Å²) in [6.07, 6.45) is 2.35. The first kappa shape index (κ1) is 19.3. The van der Waals surface area contributed by atoms with Gasteiger partial charge in [0.1, 0.15) is 0 Å². The molecule has 0 saturated carbocycles. The SMILES string of the molecule is Cc1cc(NC(=S)N(Cc2ccc3c(c2)OCO3)CC2CCCO2)ccc1Cl. The molecule has 148 valence electrons. The molecule has 28 heavy (non-hydrogen) atoms. The molecule has 2 aliphatic heterocycles. The van der Waals surface area contributed by atoms with E-state index >= 15 is 0 Å². The molecule has 0 spiro atoms. The molecular formula is C21H23ClN2O3S. The fourth-order valence-corrected chi connectivity index (χ4v) is 3.81. The number of halogens is 1. The summed E-state index contributed by atoms with van der Waals surface area (Å²) < 4.78 is 16.8. The van der Waals surface area contributed by atoms with Crippen molar-refractivity contribution in [1.82, 2.24) is 4.90 Å². The largest absolute Gasteiger partial charge is 0.454 e. The van der Waals surface area contributed by atoms with Gasteiger partial charge in [0.05, 0.1) is 6.10 Å². The van der Waals surface area contributed by atoms with Gasteiger partial charge in [0.2, 0.25) is 6.79 Å². The van der Waals surface area contributed by atoms with Crippen molar-refractivity contribution in [2.75, 3.05) is 25.3 Å². The van der Waals surface area contributed by atoms with E-state index in [1.54, 1.807) is 0 Å². The second-order valence-corrected chi connectivity index (χ2v) is 7.89. The van der Waals surface area contributed by atoms with Gasteiger partial charge in [0.15, 0.2) is 16.6 Å². The van der Waals surface area contributed by atoms with Crippen molar-refractivity contribution in [2.45, 2.75) is 32.4 Å². The summed E-state index contributed by atoms with van der Waals surface area (Å²) in [6.45, 7) is 4.47.